The Bertz CT molecular complexity index is 579. The van der Waals surface area contributed by atoms with Crippen LogP contribution in [0.1, 0.15) is 37.1 Å². The first-order valence-electron chi connectivity index (χ1n) is 7.52. The van der Waals surface area contributed by atoms with Crippen LogP contribution in [0.3, 0.4) is 0 Å². The number of piperidine rings is 1. The molecule has 0 bridgehead atoms. The molecule has 0 amide bonds. The van der Waals surface area contributed by atoms with Crippen LogP contribution in [0, 0.1) is 5.92 Å². The summed E-state index contributed by atoms with van der Waals surface area (Å²) in [6.07, 6.45) is 10.1. The van der Waals surface area contributed by atoms with Gasteiger partial charge in [-0.3, -0.25) is 0 Å². The Hall–Kier alpha value is -0.880. The second-order valence-electron chi connectivity index (χ2n) is 6.13. The monoisotopic (exact) mass is 297 g/mol. The Balaban J connectivity index is 1.70. The van der Waals surface area contributed by atoms with Crippen LogP contribution < -0.4 is 0 Å². The molecule has 1 unspecified atom stereocenters. The normalized spacial score (nSPS) is 24.6. The summed E-state index contributed by atoms with van der Waals surface area (Å²) in [6, 6.07) is 0. The fourth-order valence-electron chi connectivity index (χ4n) is 3.44. The number of aryl methyl sites for hydroxylation is 1. The van der Waals surface area contributed by atoms with E-state index in [1.54, 1.807) is 4.31 Å². The van der Waals surface area contributed by atoms with E-state index in [4.69, 9.17) is 0 Å². The van der Waals surface area contributed by atoms with Gasteiger partial charge >= 0.3 is 0 Å². The minimum Gasteiger partial charge on any atom is -0.334 e. The average Bonchev–Trinajstić information content (AvgIpc) is 2.82. The fourth-order valence-corrected chi connectivity index (χ4v) is 4.39. The van der Waals surface area contributed by atoms with Crippen molar-refractivity contribution >= 4 is 10.0 Å². The van der Waals surface area contributed by atoms with Gasteiger partial charge < -0.3 is 4.57 Å². The molecule has 2 aliphatic rings. The molecule has 0 spiro atoms. The van der Waals surface area contributed by atoms with Crippen LogP contribution in [0.4, 0.5) is 0 Å². The van der Waals surface area contributed by atoms with E-state index in [1.807, 2.05) is 6.33 Å². The van der Waals surface area contributed by atoms with Gasteiger partial charge in [0.05, 0.1) is 18.3 Å². The highest BCUT2D eigenvalue weighted by Crippen LogP contribution is 2.24. The Labute approximate surface area is 121 Å². The molecule has 1 aromatic rings. The van der Waals surface area contributed by atoms with Crippen LogP contribution in [0.2, 0.25) is 0 Å². The molecule has 112 valence electrons. The van der Waals surface area contributed by atoms with Gasteiger partial charge in [0, 0.05) is 25.3 Å². The van der Waals surface area contributed by atoms with Crippen molar-refractivity contribution in [1.29, 1.82) is 0 Å². The van der Waals surface area contributed by atoms with Gasteiger partial charge in [-0.1, -0.05) is 0 Å². The van der Waals surface area contributed by atoms with E-state index in [0.717, 1.165) is 32.2 Å². The smallest absolute Gasteiger partial charge is 0.211 e. The zero-order valence-electron chi connectivity index (χ0n) is 12.1. The second kappa shape index (κ2) is 5.48. The average molecular weight is 297 g/mol. The lowest BCUT2D eigenvalue weighted by molar-refractivity contribution is 0.244. The predicted molar refractivity (Wildman–Crippen MR) is 78.0 cm³/mol. The fraction of sp³-hybridized carbons (Fsp3) is 0.786. The quantitative estimate of drug-likeness (QED) is 0.848. The minimum absolute atomic E-state index is 0.415. The summed E-state index contributed by atoms with van der Waals surface area (Å²) in [5.41, 5.74) is 2.64. The largest absolute Gasteiger partial charge is 0.334 e. The third kappa shape index (κ3) is 2.91. The first-order valence-corrected chi connectivity index (χ1v) is 9.37. The van der Waals surface area contributed by atoms with E-state index in [1.165, 1.54) is 30.5 Å². The maximum atomic E-state index is 11.7. The predicted octanol–water partition coefficient (Wildman–Crippen LogP) is 1.43. The SMILES string of the molecule is CS(=O)(=O)N1CCCC(Cn2cnc3c2CCCC3)C1. The molecule has 5 nitrogen and oxygen atoms in total. The summed E-state index contributed by atoms with van der Waals surface area (Å²) in [5, 5.41) is 0. The molecule has 20 heavy (non-hydrogen) atoms. The van der Waals surface area contributed by atoms with Gasteiger partial charge in [-0.2, -0.15) is 0 Å². The van der Waals surface area contributed by atoms with E-state index in [0.29, 0.717) is 19.0 Å². The van der Waals surface area contributed by atoms with Crippen molar-refractivity contribution in [2.75, 3.05) is 19.3 Å². The number of rotatable bonds is 3. The molecule has 6 heteroatoms. The maximum Gasteiger partial charge on any atom is 0.211 e. The summed E-state index contributed by atoms with van der Waals surface area (Å²) in [6.45, 7) is 2.25. The van der Waals surface area contributed by atoms with Gasteiger partial charge in [-0.15, -0.1) is 0 Å². The second-order valence-corrected chi connectivity index (χ2v) is 8.11. The van der Waals surface area contributed by atoms with Crippen molar-refractivity contribution in [2.24, 2.45) is 5.92 Å². The van der Waals surface area contributed by atoms with Crippen molar-refractivity contribution in [3.8, 4) is 0 Å². The van der Waals surface area contributed by atoms with Crippen molar-refractivity contribution in [2.45, 2.75) is 45.1 Å². The summed E-state index contributed by atoms with van der Waals surface area (Å²) in [7, 11) is -3.05. The van der Waals surface area contributed by atoms with Gasteiger partial charge in [0.15, 0.2) is 0 Å². The van der Waals surface area contributed by atoms with Crippen molar-refractivity contribution in [3.63, 3.8) is 0 Å². The molecular formula is C14H23N3O2S. The molecule has 0 saturated carbocycles. The van der Waals surface area contributed by atoms with E-state index in [9.17, 15) is 8.42 Å². The molecule has 1 atom stereocenters. The Morgan fingerprint density at radius 3 is 2.90 bits per heavy atom. The molecule has 0 aromatic carbocycles. The number of aromatic nitrogens is 2. The number of nitrogens with zero attached hydrogens (tertiary/aromatic N) is 3. The van der Waals surface area contributed by atoms with Crippen LogP contribution in [0.5, 0.6) is 0 Å². The zero-order valence-corrected chi connectivity index (χ0v) is 12.9. The summed E-state index contributed by atoms with van der Waals surface area (Å²) < 4.78 is 27.2. The van der Waals surface area contributed by atoms with Gasteiger partial charge in [0.25, 0.3) is 0 Å². The van der Waals surface area contributed by atoms with E-state index in [2.05, 4.69) is 9.55 Å². The topological polar surface area (TPSA) is 55.2 Å². The van der Waals surface area contributed by atoms with Crippen molar-refractivity contribution in [3.05, 3.63) is 17.7 Å². The van der Waals surface area contributed by atoms with E-state index in [-0.39, 0.29) is 0 Å². The maximum absolute atomic E-state index is 11.7. The molecule has 1 aliphatic carbocycles. The van der Waals surface area contributed by atoms with Crippen molar-refractivity contribution < 1.29 is 8.42 Å². The molecule has 2 heterocycles. The molecule has 1 aliphatic heterocycles. The standard InChI is InChI=1S/C14H23N3O2S/c1-20(18,19)17-8-4-5-12(10-17)9-16-11-15-13-6-2-3-7-14(13)16/h11-12H,2-10H2,1H3. The van der Waals surface area contributed by atoms with Crippen molar-refractivity contribution in [1.82, 2.24) is 13.9 Å². The van der Waals surface area contributed by atoms with Gasteiger partial charge in [0.2, 0.25) is 10.0 Å². The number of hydrogen-bond acceptors (Lipinski definition) is 3. The van der Waals surface area contributed by atoms with Gasteiger partial charge in [-0.25, -0.2) is 17.7 Å². The number of hydrogen-bond donors (Lipinski definition) is 0. The van der Waals surface area contributed by atoms with Gasteiger partial charge in [-0.05, 0) is 44.4 Å². The summed E-state index contributed by atoms with van der Waals surface area (Å²) in [5.74, 6) is 0.415. The van der Waals surface area contributed by atoms with E-state index >= 15 is 0 Å². The molecular weight excluding hydrogens is 274 g/mol. The minimum atomic E-state index is -3.05. The Kier molecular flexibility index (Phi) is 3.86. The first kappa shape index (κ1) is 14.1. The third-order valence-corrected chi connectivity index (χ3v) is 5.79. The van der Waals surface area contributed by atoms with Crippen LogP contribution in [0.25, 0.3) is 0 Å². The Morgan fingerprint density at radius 1 is 1.30 bits per heavy atom. The molecule has 1 aromatic heterocycles. The number of imidazole rings is 1. The molecule has 0 radical (unpaired) electrons. The van der Waals surface area contributed by atoms with Crippen LogP contribution >= 0.6 is 0 Å². The van der Waals surface area contributed by atoms with Crippen LogP contribution in [-0.4, -0.2) is 41.6 Å². The first-order chi connectivity index (χ1) is 9.54. The highest BCUT2D eigenvalue weighted by atomic mass is 32.2. The zero-order chi connectivity index (χ0) is 14.2. The lowest BCUT2D eigenvalue weighted by atomic mass is 9.98. The van der Waals surface area contributed by atoms with Gasteiger partial charge in [0.1, 0.15) is 0 Å². The van der Waals surface area contributed by atoms with Crippen LogP contribution in [-0.2, 0) is 29.4 Å². The molecule has 3 rings (SSSR count). The third-order valence-electron chi connectivity index (χ3n) is 4.52. The van der Waals surface area contributed by atoms with Crippen LogP contribution in [0.15, 0.2) is 6.33 Å². The number of sulfonamides is 1. The summed E-state index contributed by atoms with van der Waals surface area (Å²) >= 11 is 0. The molecule has 1 saturated heterocycles. The lowest BCUT2D eigenvalue weighted by Crippen LogP contribution is -2.40. The molecule has 1 fully saturated rings. The highest BCUT2D eigenvalue weighted by molar-refractivity contribution is 7.88. The summed E-state index contributed by atoms with van der Waals surface area (Å²) in [4.78, 5) is 4.52. The highest BCUT2D eigenvalue weighted by Gasteiger charge is 2.27. The number of fused-ring (bicyclic) bond motifs is 1. The van der Waals surface area contributed by atoms with E-state index < -0.39 is 10.0 Å². The molecule has 0 N–H and O–H groups in total. The lowest BCUT2D eigenvalue weighted by Gasteiger charge is -2.31. The Morgan fingerprint density at radius 2 is 2.10 bits per heavy atom.